The minimum atomic E-state index is 0.687. The van der Waals surface area contributed by atoms with Gasteiger partial charge in [-0.2, -0.15) is 0 Å². The topological polar surface area (TPSA) is 71.4 Å². The van der Waals surface area contributed by atoms with E-state index in [-0.39, 0.29) is 0 Å². The highest BCUT2D eigenvalue weighted by Crippen LogP contribution is 2.43. The van der Waals surface area contributed by atoms with Gasteiger partial charge >= 0.3 is 0 Å². The van der Waals surface area contributed by atoms with E-state index in [1.165, 1.54) is 0 Å². The normalized spacial score (nSPS) is 11.7. The van der Waals surface area contributed by atoms with Crippen molar-refractivity contribution >= 4 is 110 Å². The Morgan fingerprint density at radius 2 is 0.785 bits per heavy atom. The fourth-order valence-corrected chi connectivity index (χ4v) is 10.1. The quantitative estimate of drug-likeness (QED) is 0.151. The molecule has 8 heteroatoms. The summed E-state index contributed by atoms with van der Waals surface area (Å²) < 4.78 is 13.7. The summed E-state index contributed by atoms with van der Waals surface area (Å²) in [5.41, 5.74) is 12.5. The molecule has 0 aliphatic heterocycles. The van der Waals surface area contributed by atoms with E-state index in [1.54, 1.807) is 11.3 Å². The van der Waals surface area contributed by atoms with Gasteiger partial charge < -0.3 is 8.83 Å². The van der Waals surface area contributed by atoms with Crippen LogP contribution in [0, 0.1) is 0 Å². The number of furan rings is 2. The fourth-order valence-electron chi connectivity index (χ4n) is 9.06. The molecule has 13 rings (SSSR count). The first-order chi connectivity index (χ1) is 32.2. The minimum Gasteiger partial charge on any atom is -0.456 e. The molecule has 0 aliphatic carbocycles. The van der Waals surface area contributed by atoms with Crippen LogP contribution < -0.4 is 9.80 Å². The van der Waals surface area contributed by atoms with Gasteiger partial charge in [-0.05, 0) is 95.1 Å². The third-order valence-electron chi connectivity index (χ3n) is 12.2. The lowest BCUT2D eigenvalue weighted by Crippen LogP contribution is -2.12. The Morgan fingerprint density at radius 3 is 1.34 bits per heavy atom. The van der Waals surface area contributed by atoms with Crippen molar-refractivity contribution in [3.8, 4) is 22.3 Å². The zero-order valence-electron chi connectivity index (χ0n) is 34.7. The number of benzene rings is 8. The summed E-state index contributed by atoms with van der Waals surface area (Å²) in [5, 5.41) is 15.1. The standard InChI is InChI=1S/C57H35N5O2S/c1-3-11-36(12-4-1)38-19-23-40(24-20-38)61(42-27-29-46-44-15-7-9-17-49(44)63-51(46)33-42)54-32-31-48-56-53(65-57(48)58-54)35-55(59-60-56)62(41-25-21-39(22-26-41)37-13-5-2-6-14-37)43-28-30-47-45-16-8-10-18-50(45)64-52(47)34-43/h1-35H. The molecular weight excluding hydrogens is 819 g/mol. The SMILES string of the molecule is c1ccc(-c2ccc(N(c3ccc4c(c3)oc3ccccc34)c3cc4sc5nc(N(c6ccc(-c7ccccc7)cc6)c6ccc7c(c6)oc6ccccc67)ccc5c4nn3)cc2)cc1. The second-order valence-electron chi connectivity index (χ2n) is 16.1. The first kappa shape index (κ1) is 37.0. The van der Waals surface area contributed by atoms with E-state index in [0.717, 1.165) is 115 Å². The van der Waals surface area contributed by atoms with Gasteiger partial charge in [-0.1, -0.05) is 121 Å². The molecule has 0 aliphatic rings. The third kappa shape index (κ3) is 6.38. The second kappa shape index (κ2) is 15.0. The summed E-state index contributed by atoms with van der Waals surface area (Å²) in [6, 6.07) is 73.5. The lowest BCUT2D eigenvalue weighted by Gasteiger charge is -2.24. The molecular formula is C57H35N5O2S. The molecule has 5 aromatic heterocycles. The van der Waals surface area contributed by atoms with Crippen molar-refractivity contribution in [1.82, 2.24) is 15.2 Å². The molecule has 0 spiro atoms. The maximum absolute atomic E-state index is 6.39. The molecule has 0 unspecified atom stereocenters. The monoisotopic (exact) mass is 853 g/mol. The van der Waals surface area contributed by atoms with Gasteiger partial charge in [0.1, 0.15) is 38.5 Å². The van der Waals surface area contributed by atoms with Crippen LogP contribution in [-0.2, 0) is 0 Å². The van der Waals surface area contributed by atoms with Gasteiger partial charge in [0.2, 0.25) is 0 Å². The molecule has 0 bridgehead atoms. The maximum atomic E-state index is 6.39. The van der Waals surface area contributed by atoms with Crippen molar-refractivity contribution in [3.05, 3.63) is 212 Å². The van der Waals surface area contributed by atoms with E-state index < -0.39 is 0 Å². The molecule has 0 saturated carbocycles. The number of hydrogen-bond acceptors (Lipinski definition) is 8. The van der Waals surface area contributed by atoms with Crippen molar-refractivity contribution in [2.45, 2.75) is 0 Å². The average Bonchev–Trinajstić information content (AvgIpc) is 4.05. The minimum absolute atomic E-state index is 0.687. The highest BCUT2D eigenvalue weighted by atomic mass is 32.1. The summed E-state index contributed by atoms with van der Waals surface area (Å²) in [6.07, 6.45) is 0. The van der Waals surface area contributed by atoms with Gasteiger partial charge in [-0.15, -0.1) is 21.5 Å². The van der Waals surface area contributed by atoms with Gasteiger partial charge in [-0.25, -0.2) is 4.98 Å². The summed E-state index contributed by atoms with van der Waals surface area (Å²) >= 11 is 1.61. The number of para-hydroxylation sites is 2. The van der Waals surface area contributed by atoms with Crippen LogP contribution in [0.3, 0.4) is 0 Å². The number of fused-ring (bicyclic) bond motifs is 9. The Bertz CT molecular complexity index is 3640. The number of aromatic nitrogens is 3. The van der Waals surface area contributed by atoms with Crippen molar-refractivity contribution in [3.63, 3.8) is 0 Å². The number of pyridine rings is 1. The smallest absolute Gasteiger partial charge is 0.161 e. The molecule has 0 amide bonds. The Hall–Kier alpha value is -8.59. The van der Waals surface area contributed by atoms with Gasteiger partial charge in [0.05, 0.1) is 16.1 Å². The molecule has 0 atom stereocenters. The van der Waals surface area contributed by atoms with Gasteiger partial charge in [-0.3, -0.25) is 9.80 Å². The van der Waals surface area contributed by atoms with Gasteiger partial charge in [0, 0.05) is 56.5 Å². The van der Waals surface area contributed by atoms with Crippen LogP contribution in [0.1, 0.15) is 0 Å². The largest absolute Gasteiger partial charge is 0.456 e. The Morgan fingerprint density at radius 1 is 0.338 bits per heavy atom. The number of thiophene rings is 1. The maximum Gasteiger partial charge on any atom is 0.161 e. The zero-order valence-corrected chi connectivity index (χ0v) is 35.5. The summed E-state index contributed by atoms with van der Waals surface area (Å²) in [7, 11) is 0. The number of anilines is 6. The molecule has 13 aromatic rings. The van der Waals surface area contributed by atoms with Crippen LogP contribution in [0.4, 0.5) is 34.4 Å². The molecule has 5 heterocycles. The summed E-state index contributed by atoms with van der Waals surface area (Å²) in [4.78, 5) is 10.6. The number of hydrogen-bond donors (Lipinski definition) is 0. The Kier molecular flexibility index (Phi) is 8.57. The highest BCUT2D eigenvalue weighted by molar-refractivity contribution is 7.25. The average molecular weight is 854 g/mol. The lowest BCUT2D eigenvalue weighted by atomic mass is 10.0. The van der Waals surface area contributed by atoms with Crippen molar-refractivity contribution in [2.24, 2.45) is 0 Å². The molecule has 7 nitrogen and oxygen atoms in total. The van der Waals surface area contributed by atoms with Crippen LogP contribution in [0.25, 0.3) is 86.6 Å². The highest BCUT2D eigenvalue weighted by Gasteiger charge is 2.22. The molecule has 8 aromatic carbocycles. The van der Waals surface area contributed by atoms with Crippen LogP contribution in [0.2, 0.25) is 0 Å². The van der Waals surface area contributed by atoms with Crippen LogP contribution in [0.5, 0.6) is 0 Å². The molecule has 306 valence electrons. The van der Waals surface area contributed by atoms with Crippen molar-refractivity contribution in [1.29, 1.82) is 0 Å². The molecule has 0 fully saturated rings. The van der Waals surface area contributed by atoms with Crippen LogP contribution in [-0.4, -0.2) is 15.2 Å². The van der Waals surface area contributed by atoms with Crippen LogP contribution >= 0.6 is 11.3 Å². The second-order valence-corrected chi connectivity index (χ2v) is 17.1. The zero-order chi connectivity index (χ0) is 42.8. The number of nitrogens with zero attached hydrogens (tertiary/aromatic N) is 5. The van der Waals surface area contributed by atoms with E-state index in [1.807, 2.05) is 48.5 Å². The first-order valence-electron chi connectivity index (χ1n) is 21.5. The third-order valence-corrected chi connectivity index (χ3v) is 13.3. The lowest BCUT2D eigenvalue weighted by molar-refractivity contribution is 0.668. The molecule has 0 radical (unpaired) electrons. The van der Waals surface area contributed by atoms with E-state index in [2.05, 4.69) is 174 Å². The predicted molar refractivity (Wildman–Crippen MR) is 268 cm³/mol. The summed E-state index contributed by atoms with van der Waals surface area (Å²) in [5.74, 6) is 1.46. The molecule has 0 N–H and O–H groups in total. The van der Waals surface area contributed by atoms with E-state index in [4.69, 9.17) is 24.0 Å². The Balaban J connectivity index is 0.929. The van der Waals surface area contributed by atoms with E-state index in [9.17, 15) is 0 Å². The first-order valence-corrected chi connectivity index (χ1v) is 22.3. The van der Waals surface area contributed by atoms with E-state index in [0.29, 0.717) is 5.82 Å². The van der Waals surface area contributed by atoms with Gasteiger partial charge in [0.25, 0.3) is 0 Å². The molecule has 65 heavy (non-hydrogen) atoms. The van der Waals surface area contributed by atoms with E-state index >= 15 is 0 Å². The number of rotatable bonds is 8. The van der Waals surface area contributed by atoms with Crippen LogP contribution in [0.15, 0.2) is 221 Å². The Labute approximate surface area is 376 Å². The molecule has 0 saturated heterocycles. The fraction of sp³-hybridized carbons (Fsp3) is 0. The van der Waals surface area contributed by atoms with Gasteiger partial charge in [0.15, 0.2) is 5.82 Å². The predicted octanol–water partition coefficient (Wildman–Crippen LogP) is 16.3. The van der Waals surface area contributed by atoms with Crippen molar-refractivity contribution < 1.29 is 8.83 Å². The summed E-state index contributed by atoms with van der Waals surface area (Å²) in [6.45, 7) is 0. The van der Waals surface area contributed by atoms with Crippen molar-refractivity contribution in [2.75, 3.05) is 9.80 Å².